The molecule has 0 radical (unpaired) electrons. The van der Waals surface area contributed by atoms with E-state index in [1.54, 1.807) is 45.0 Å². The second-order valence-electron chi connectivity index (χ2n) is 7.45. The molecular formula is C19H32N2O5. The number of carbonyl (C=O) groups is 1. The van der Waals surface area contributed by atoms with Gasteiger partial charge in [0.25, 0.3) is 0 Å². The zero-order valence-electron chi connectivity index (χ0n) is 16.4. The lowest BCUT2D eigenvalue weighted by molar-refractivity contribution is 0.0123. The summed E-state index contributed by atoms with van der Waals surface area (Å²) in [5.41, 5.74) is 0.0215. The van der Waals surface area contributed by atoms with Crippen LogP contribution in [0.1, 0.15) is 38.9 Å². The van der Waals surface area contributed by atoms with Crippen molar-refractivity contribution in [2.24, 2.45) is 0 Å². The highest BCUT2D eigenvalue weighted by Gasteiger charge is 2.20. The number of rotatable bonds is 9. The predicted octanol–water partition coefficient (Wildman–Crippen LogP) is 1.94. The molecule has 7 nitrogen and oxygen atoms in total. The maximum Gasteiger partial charge on any atom is 0.407 e. The van der Waals surface area contributed by atoms with E-state index in [1.807, 2.05) is 19.0 Å². The molecule has 0 heterocycles. The van der Waals surface area contributed by atoms with Crippen LogP contribution in [0.3, 0.4) is 0 Å². The first-order valence-electron chi connectivity index (χ1n) is 8.79. The summed E-state index contributed by atoms with van der Waals surface area (Å²) in [5.74, 6) is 0.712. The zero-order valence-corrected chi connectivity index (χ0v) is 16.4. The molecule has 2 unspecified atom stereocenters. The zero-order chi connectivity index (χ0) is 19.7. The molecule has 0 aromatic heterocycles. The van der Waals surface area contributed by atoms with E-state index >= 15 is 0 Å². The van der Waals surface area contributed by atoms with Gasteiger partial charge in [0.2, 0.25) is 0 Å². The van der Waals surface area contributed by atoms with Crippen LogP contribution in [0.5, 0.6) is 5.75 Å². The second kappa shape index (κ2) is 10.4. The van der Waals surface area contributed by atoms with Gasteiger partial charge >= 0.3 is 6.09 Å². The van der Waals surface area contributed by atoms with Crippen molar-refractivity contribution >= 4 is 6.09 Å². The molecule has 2 atom stereocenters. The van der Waals surface area contributed by atoms with Gasteiger partial charge in [-0.05, 0) is 59.0 Å². The number of ether oxygens (including phenoxy) is 2. The number of nitrogens with one attached hydrogen (secondary N) is 1. The molecule has 1 aromatic rings. The van der Waals surface area contributed by atoms with Gasteiger partial charge in [-0.1, -0.05) is 12.1 Å². The summed E-state index contributed by atoms with van der Waals surface area (Å²) >= 11 is 0. The Bertz CT molecular complexity index is 540. The Morgan fingerprint density at radius 2 is 1.81 bits per heavy atom. The molecular weight excluding hydrogens is 336 g/mol. The number of aliphatic hydroxyl groups excluding tert-OH is 2. The minimum Gasteiger partial charge on any atom is -0.492 e. The van der Waals surface area contributed by atoms with Crippen LogP contribution in [0.2, 0.25) is 0 Å². The summed E-state index contributed by atoms with van der Waals surface area (Å²) in [6, 6.07) is 6.97. The molecule has 0 bridgehead atoms. The van der Waals surface area contributed by atoms with Gasteiger partial charge in [0.05, 0.1) is 6.10 Å². The Balaban J connectivity index is 2.40. The van der Waals surface area contributed by atoms with Crippen LogP contribution < -0.4 is 10.1 Å². The number of amides is 1. The number of hydrogen-bond donors (Lipinski definition) is 3. The maximum absolute atomic E-state index is 11.6. The van der Waals surface area contributed by atoms with E-state index in [2.05, 4.69) is 5.32 Å². The summed E-state index contributed by atoms with van der Waals surface area (Å²) in [6.07, 6.45) is -2.36. The largest absolute Gasteiger partial charge is 0.492 e. The van der Waals surface area contributed by atoms with Gasteiger partial charge in [-0.2, -0.15) is 0 Å². The highest BCUT2D eigenvalue weighted by Crippen LogP contribution is 2.21. The van der Waals surface area contributed by atoms with Crippen molar-refractivity contribution in [1.29, 1.82) is 0 Å². The van der Waals surface area contributed by atoms with Crippen LogP contribution in [0.15, 0.2) is 24.3 Å². The van der Waals surface area contributed by atoms with E-state index in [0.29, 0.717) is 17.9 Å². The van der Waals surface area contributed by atoms with Gasteiger partial charge in [-0.3, -0.25) is 0 Å². The molecule has 0 saturated carbocycles. The Morgan fingerprint density at radius 3 is 2.35 bits per heavy atom. The van der Waals surface area contributed by atoms with Gasteiger partial charge in [-0.25, -0.2) is 4.79 Å². The van der Waals surface area contributed by atoms with E-state index in [4.69, 9.17) is 9.47 Å². The Hall–Kier alpha value is -1.83. The average molecular weight is 368 g/mol. The van der Waals surface area contributed by atoms with Crippen molar-refractivity contribution in [2.45, 2.75) is 45.0 Å². The summed E-state index contributed by atoms with van der Waals surface area (Å²) in [7, 11) is 3.95. The van der Waals surface area contributed by atoms with E-state index < -0.39 is 23.9 Å². The maximum atomic E-state index is 11.6. The fraction of sp³-hybridized carbons (Fsp3) is 0.632. The number of alkyl carbamates (subject to hydrolysis) is 1. The molecule has 148 valence electrons. The molecule has 0 fully saturated rings. The van der Waals surface area contributed by atoms with Crippen LogP contribution in [-0.4, -0.2) is 66.7 Å². The number of nitrogens with zero attached hydrogens (tertiary/aromatic N) is 1. The average Bonchev–Trinajstić information content (AvgIpc) is 2.52. The lowest BCUT2D eigenvalue weighted by Gasteiger charge is -2.21. The van der Waals surface area contributed by atoms with Gasteiger partial charge in [0.15, 0.2) is 0 Å². The molecule has 0 aliphatic rings. The molecule has 0 spiro atoms. The Labute approximate surface area is 155 Å². The van der Waals surface area contributed by atoms with E-state index in [9.17, 15) is 15.0 Å². The standard InChI is InChI=1S/C19H32N2O5/c1-19(2,3)26-18(24)20-11-10-16(22)17(23)14-6-8-15(9-7-14)25-13-12-21(4)5/h6-9,16-17,22-23H,10-13H2,1-5H3,(H,20,24). The summed E-state index contributed by atoms with van der Waals surface area (Å²) in [6.45, 7) is 6.93. The van der Waals surface area contributed by atoms with E-state index in [1.165, 1.54) is 0 Å². The van der Waals surface area contributed by atoms with Crippen LogP contribution in [0.25, 0.3) is 0 Å². The molecule has 1 aromatic carbocycles. The first-order chi connectivity index (χ1) is 12.1. The van der Waals surface area contributed by atoms with E-state index in [-0.39, 0.29) is 13.0 Å². The fourth-order valence-corrected chi connectivity index (χ4v) is 2.12. The molecule has 26 heavy (non-hydrogen) atoms. The fourth-order valence-electron chi connectivity index (χ4n) is 2.12. The third-order valence-electron chi connectivity index (χ3n) is 3.50. The van der Waals surface area contributed by atoms with Crippen molar-refractivity contribution in [3.05, 3.63) is 29.8 Å². The predicted molar refractivity (Wildman–Crippen MR) is 100 cm³/mol. The van der Waals surface area contributed by atoms with Crippen LogP contribution >= 0.6 is 0 Å². The Kier molecular flexibility index (Phi) is 8.84. The molecule has 1 amide bonds. The Morgan fingerprint density at radius 1 is 1.19 bits per heavy atom. The summed E-state index contributed by atoms with van der Waals surface area (Å²) in [4.78, 5) is 13.6. The lowest BCUT2D eigenvalue weighted by atomic mass is 10.0. The molecule has 0 aliphatic carbocycles. The summed E-state index contributed by atoms with van der Waals surface area (Å²) in [5, 5.41) is 22.9. The number of likely N-dealkylation sites (N-methyl/N-ethyl adjacent to an activating group) is 1. The monoisotopic (exact) mass is 368 g/mol. The first kappa shape index (κ1) is 22.2. The molecule has 0 saturated heterocycles. The lowest BCUT2D eigenvalue weighted by Crippen LogP contribution is -2.34. The van der Waals surface area contributed by atoms with Crippen molar-refractivity contribution < 1.29 is 24.5 Å². The highest BCUT2D eigenvalue weighted by atomic mass is 16.6. The molecule has 3 N–H and O–H groups in total. The smallest absolute Gasteiger partial charge is 0.407 e. The third kappa shape index (κ3) is 9.03. The van der Waals surface area contributed by atoms with Crippen LogP contribution in [-0.2, 0) is 4.74 Å². The number of aliphatic hydroxyl groups is 2. The van der Waals surface area contributed by atoms with Crippen molar-refractivity contribution in [3.8, 4) is 5.75 Å². The van der Waals surface area contributed by atoms with E-state index in [0.717, 1.165) is 6.54 Å². The minimum atomic E-state index is -1.04. The van der Waals surface area contributed by atoms with Crippen molar-refractivity contribution in [1.82, 2.24) is 10.2 Å². The van der Waals surface area contributed by atoms with Crippen molar-refractivity contribution in [3.63, 3.8) is 0 Å². The van der Waals surface area contributed by atoms with Gasteiger partial charge < -0.3 is 29.9 Å². The SMILES string of the molecule is CN(C)CCOc1ccc(C(O)C(O)CCNC(=O)OC(C)(C)C)cc1. The number of hydrogen-bond acceptors (Lipinski definition) is 6. The molecule has 7 heteroatoms. The van der Waals surface area contributed by atoms with Gasteiger partial charge in [-0.15, -0.1) is 0 Å². The third-order valence-corrected chi connectivity index (χ3v) is 3.50. The van der Waals surface area contributed by atoms with Gasteiger partial charge in [0.1, 0.15) is 24.1 Å². The van der Waals surface area contributed by atoms with Crippen LogP contribution in [0, 0.1) is 0 Å². The summed E-state index contributed by atoms with van der Waals surface area (Å²) < 4.78 is 10.7. The topological polar surface area (TPSA) is 91.3 Å². The van der Waals surface area contributed by atoms with Gasteiger partial charge in [0, 0.05) is 13.1 Å². The minimum absolute atomic E-state index is 0.207. The number of benzene rings is 1. The highest BCUT2D eigenvalue weighted by molar-refractivity contribution is 5.67. The second-order valence-corrected chi connectivity index (χ2v) is 7.45. The quantitative estimate of drug-likeness (QED) is 0.617. The van der Waals surface area contributed by atoms with Crippen molar-refractivity contribution in [2.75, 3.05) is 33.8 Å². The molecule has 0 aliphatic heterocycles. The van der Waals surface area contributed by atoms with Crippen LogP contribution in [0.4, 0.5) is 4.79 Å². The molecule has 1 rings (SSSR count). The number of carbonyl (C=O) groups excluding carboxylic acids is 1. The normalized spacial score (nSPS) is 14.0. The first-order valence-corrected chi connectivity index (χ1v) is 8.79.